The number of carbonyl (C=O) groups is 2. The zero-order chi connectivity index (χ0) is 28.8. The predicted octanol–water partition coefficient (Wildman–Crippen LogP) is 6.01. The van der Waals surface area contributed by atoms with E-state index in [2.05, 4.69) is 10.6 Å². The summed E-state index contributed by atoms with van der Waals surface area (Å²) in [6.07, 6.45) is -4.12. The van der Waals surface area contributed by atoms with E-state index in [1.165, 1.54) is 24.1 Å². The summed E-state index contributed by atoms with van der Waals surface area (Å²) in [6, 6.07) is 13.1. The lowest BCUT2D eigenvalue weighted by Crippen LogP contribution is -2.41. The van der Waals surface area contributed by atoms with Crippen molar-refractivity contribution in [3.05, 3.63) is 71.4 Å². The highest BCUT2D eigenvalue weighted by Crippen LogP contribution is 2.31. The van der Waals surface area contributed by atoms with E-state index in [9.17, 15) is 22.8 Å². The highest BCUT2D eigenvalue weighted by atomic mass is 19.4. The highest BCUT2D eigenvalue weighted by Gasteiger charge is 2.31. The van der Waals surface area contributed by atoms with Gasteiger partial charge in [0, 0.05) is 37.4 Å². The van der Waals surface area contributed by atoms with Crippen molar-refractivity contribution in [3.8, 4) is 5.69 Å². The molecular formula is C28H34F3N5O3. The number of hydrogen-bond acceptors (Lipinski definition) is 4. The third-order valence-corrected chi connectivity index (χ3v) is 5.83. The van der Waals surface area contributed by atoms with Crippen LogP contribution >= 0.6 is 0 Å². The van der Waals surface area contributed by atoms with Gasteiger partial charge in [-0.15, -0.1) is 0 Å². The fourth-order valence-electron chi connectivity index (χ4n) is 3.78. The van der Waals surface area contributed by atoms with Gasteiger partial charge in [0.2, 0.25) is 5.91 Å². The van der Waals surface area contributed by atoms with Gasteiger partial charge in [-0.1, -0.05) is 39.0 Å². The Morgan fingerprint density at radius 2 is 1.74 bits per heavy atom. The lowest BCUT2D eigenvalue weighted by Gasteiger charge is -2.23. The number of urea groups is 1. The number of aromatic nitrogens is 2. The van der Waals surface area contributed by atoms with Crippen LogP contribution in [0.2, 0.25) is 0 Å². The molecule has 0 radical (unpaired) electrons. The molecule has 8 nitrogen and oxygen atoms in total. The summed E-state index contributed by atoms with van der Waals surface area (Å²) >= 11 is 0. The minimum atomic E-state index is -4.55. The summed E-state index contributed by atoms with van der Waals surface area (Å²) < 4.78 is 46.0. The second-order valence-corrected chi connectivity index (χ2v) is 10.2. The van der Waals surface area contributed by atoms with Crippen molar-refractivity contribution in [2.45, 2.75) is 45.7 Å². The number of aryl methyl sites for hydroxylation is 1. The standard InChI is InChI=1S/C28H34F3N5O3/c1-19-9-6-12-22(15-19)36-24(17-23(34-36)27(2,3)4)33-25(37)18-35(13-8-14-39-5)26(38)32-21-11-7-10-20(16-21)28(29,30)31/h6-7,9-12,15-17H,8,13-14,18H2,1-5H3,(H,32,38)(H,33,37). The Morgan fingerprint density at radius 3 is 2.38 bits per heavy atom. The van der Waals surface area contributed by atoms with E-state index in [1.54, 1.807) is 10.7 Å². The van der Waals surface area contributed by atoms with E-state index >= 15 is 0 Å². The summed E-state index contributed by atoms with van der Waals surface area (Å²) in [5, 5.41) is 10.0. The Morgan fingerprint density at radius 1 is 1.03 bits per heavy atom. The first-order chi connectivity index (χ1) is 18.3. The Hall–Kier alpha value is -3.86. The number of halogens is 3. The maximum absolute atomic E-state index is 13.2. The van der Waals surface area contributed by atoms with E-state index in [0.717, 1.165) is 29.1 Å². The van der Waals surface area contributed by atoms with Crippen LogP contribution in [0.15, 0.2) is 54.6 Å². The number of anilines is 2. The van der Waals surface area contributed by atoms with Crippen molar-refractivity contribution in [2.75, 3.05) is 37.4 Å². The van der Waals surface area contributed by atoms with Crippen molar-refractivity contribution in [3.63, 3.8) is 0 Å². The van der Waals surface area contributed by atoms with Crippen LogP contribution in [0.25, 0.3) is 5.69 Å². The number of carbonyl (C=O) groups excluding carboxylic acids is 2. The number of hydrogen-bond donors (Lipinski definition) is 2. The van der Waals surface area contributed by atoms with Crippen molar-refractivity contribution in [1.82, 2.24) is 14.7 Å². The van der Waals surface area contributed by atoms with Gasteiger partial charge in [-0.3, -0.25) is 4.79 Å². The van der Waals surface area contributed by atoms with Gasteiger partial charge < -0.3 is 20.3 Å². The summed E-state index contributed by atoms with van der Waals surface area (Å²) in [5.74, 6) is -0.0495. The number of ether oxygens (including phenoxy) is 1. The second-order valence-electron chi connectivity index (χ2n) is 10.2. The normalized spacial score (nSPS) is 11.8. The molecule has 0 atom stereocenters. The molecule has 3 amide bonds. The first-order valence-corrected chi connectivity index (χ1v) is 12.5. The van der Waals surface area contributed by atoms with Crippen LogP contribution in [-0.2, 0) is 21.1 Å². The number of nitrogens with zero attached hydrogens (tertiary/aromatic N) is 3. The van der Waals surface area contributed by atoms with Crippen molar-refractivity contribution >= 4 is 23.4 Å². The number of nitrogens with one attached hydrogen (secondary N) is 2. The summed E-state index contributed by atoms with van der Waals surface area (Å²) in [4.78, 5) is 27.4. The van der Waals surface area contributed by atoms with Gasteiger partial charge in [0.05, 0.1) is 16.9 Å². The minimum Gasteiger partial charge on any atom is -0.385 e. The lowest BCUT2D eigenvalue weighted by atomic mass is 9.92. The number of alkyl halides is 3. The summed E-state index contributed by atoms with van der Waals surface area (Å²) in [5.41, 5.74) is 1.35. The topological polar surface area (TPSA) is 88.5 Å². The molecule has 0 unspecified atom stereocenters. The molecule has 0 fully saturated rings. The lowest BCUT2D eigenvalue weighted by molar-refractivity contribution is -0.137. The van der Waals surface area contributed by atoms with E-state index in [4.69, 9.17) is 9.84 Å². The number of methoxy groups -OCH3 is 1. The maximum Gasteiger partial charge on any atom is 0.416 e. The molecule has 2 aromatic carbocycles. The van der Waals surface area contributed by atoms with E-state index in [-0.39, 0.29) is 24.2 Å². The van der Waals surface area contributed by atoms with Crippen LogP contribution in [0.4, 0.5) is 29.5 Å². The molecule has 0 aliphatic heterocycles. The highest BCUT2D eigenvalue weighted by molar-refractivity contribution is 5.96. The molecule has 3 rings (SSSR count). The summed E-state index contributed by atoms with van der Waals surface area (Å²) in [7, 11) is 1.51. The van der Waals surface area contributed by atoms with Gasteiger partial charge >= 0.3 is 12.2 Å². The first-order valence-electron chi connectivity index (χ1n) is 12.5. The predicted molar refractivity (Wildman–Crippen MR) is 144 cm³/mol. The third-order valence-electron chi connectivity index (χ3n) is 5.83. The number of benzene rings is 2. The van der Waals surface area contributed by atoms with Gasteiger partial charge in [-0.05, 0) is 49.2 Å². The minimum absolute atomic E-state index is 0.0284. The Labute approximate surface area is 226 Å². The smallest absolute Gasteiger partial charge is 0.385 e. The molecule has 3 aromatic rings. The molecule has 0 spiro atoms. The van der Waals surface area contributed by atoms with Crippen LogP contribution in [0.3, 0.4) is 0 Å². The van der Waals surface area contributed by atoms with Crippen molar-refractivity contribution < 1.29 is 27.5 Å². The fourth-order valence-corrected chi connectivity index (χ4v) is 3.78. The van der Waals surface area contributed by atoms with Gasteiger partial charge in [0.1, 0.15) is 12.4 Å². The quantitative estimate of drug-likeness (QED) is 0.323. The van der Waals surface area contributed by atoms with Crippen molar-refractivity contribution in [2.24, 2.45) is 0 Å². The molecule has 0 aliphatic rings. The Kier molecular flexibility index (Phi) is 9.39. The molecule has 11 heteroatoms. The van der Waals surface area contributed by atoms with Crippen LogP contribution in [-0.4, -0.2) is 53.4 Å². The molecular weight excluding hydrogens is 511 g/mol. The molecule has 1 heterocycles. The van der Waals surface area contributed by atoms with Gasteiger partial charge in [0.15, 0.2) is 0 Å². The molecule has 210 valence electrons. The first kappa shape index (κ1) is 29.7. The fraction of sp³-hybridized carbons (Fsp3) is 0.393. The SMILES string of the molecule is COCCCN(CC(=O)Nc1cc(C(C)(C)C)nn1-c1cccc(C)c1)C(=O)Nc1cccc(C(F)(F)F)c1. The maximum atomic E-state index is 13.2. The van der Waals surface area contributed by atoms with Crippen LogP contribution in [0.1, 0.15) is 44.0 Å². The number of rotatable bonds is 9. The molecule has 0 saturated heterocycles. The van der Waals surface area contributed by atoms with E-state index in [1.807, 2.05) is 52.0 Å². The molecule has 1 aromatic heterocycles. The monoisotopic (exact) mass is 545 g/mol. The molecule has 0 aliphatic carbocycles. The van der Waals surface area contributed by atoms with Gasteiger partial charge in [-0.25, -0.2) is 9.48 Å². The number of amides is 3. The summed E-state index contributed by atoms with van der Waals surface area (Å²) in [6.45, 7) is 8.14. The average Bonchev–Trinajstić information content (AvgIpc) is 3.27. The zero-order valence-corrected chi connectivity index (χ0v) is 22.7. The average molecular weight is 546 g/mol. The Bertz CT molecular complexity index is 1300. The molecule has 2 N–H and O–H groups in total. The third kappa shape index (κ3) is 8.31. The largest absolute Gasteiger partial charge is 0.416 e. The van der Waals surface area contributed by atoms with Gasteiger partial charge in [-0.2, -0.15) is 18.3 Å². The van der Waals surface area contributed by atoms with Crippen LogP contribution in [0, 0.1) is 6.92 Å². The Balaban J connectivity index is 1.81. The molecule has 39 heavy (non-hydrogen) atoms. The van der Waals surface area contributed by atoms with E-state index in [0.29, 0.717) is 18.8 Å². The van der Waals surface area contributed by atoms with Crippen molar-refractivity contribution in [1.29, 1.82) is 0 Å². The van der Waals surface area contributed by atoms with Crippen LogP contribution < -0.4 is 10.6 Å². The molecule has 0 saturated carbocycles. The second kappa shape index (κ2) is 12.3. The van der Waals surface area contributed by atoms with Crippen LogP contribution in [0.5, 0.6) is 0 Å². The van der Waals surface area contributed by atoms with E-state index < -0.39 is 23.7 Å². The zero-order valence-electron chi connectivity index (χ0n) is 22.7. The van der Waals surface area contributed by atoms with Gasteiger partial charge in [0.25, 0.3) is 0 Å². The molecule has 0 bridgehead atoms.